The molecule has 0 fully saturated rings. The molecule has 0 unspecified atom stereocenters. The number of benzene rings is 2. The third kappa shape index (κ3) is 3.90. The van der Waals surface area contributed by atoms with Crippen LogP contribution in [0.5, 0.6) is 0 Å². The maximum Gasteiger partial charge on any atom is 0.338 e. The normalized spacial score (nSPS) is 10.4. The summed E-state index contributed by atoms with van der Waals surface area (Å²) < 4.78 is 14.3. The van der Waals surface area contributed by atoms with Gasteiger partial charge in [-0.2, -0.15) is 0 Å². The highest BCUT2D eigenvalue weighted by Gasteiger charge is 2.23. The third-order valence-corrected chi connectivity index (χ3v) is 4.98. The largest absolute Gasteiger partial charge is 0.338 e. The molecule has 0 aromatic heterocycles. The first-order chi connectivity index (χ1) is 11.2. The highest BCUT2D eigenvalue weighted by Crippen LogP contribution is 2.42. The highest BCUT2D eigenvalue weighted by molar-refractivity contribution is 7.82. The number of urea groups is 1. The van der Waals surface area contributed by atoms with Crippen molar-refractivity contribution in [3.05, 3.63) is 61.8 Å². The van der Waals surface area contributed by atoms with E-state index in [1.807, 2.05) is 5.32 Å². The molecule has 10 heteroatoms. The van der Waals surface area contributed by atoms with Crippen molar-refractivity contribution in [3.63, 3.8) is 0 Å². The molecule has 0 saturated carbocycles. The van der Waals surface area contributed by atoms with Gasteiger partial charge in [-0.25, -0.2) is 13.5 Å². The fraction of sp³-hybridized carbons (Fsp3) is 0. The summed E-state index contributed by atoms with van der Waals surface area (Å²) in [5, 5.41) is 1.85. The molecule has 4 nitrogen and oxygen atoms in total. The van der Waals surface area contributed by atoms with Crippen molar-refractivity contribution in [3.8, 4) is 0 Å². The minimum Gasteiger partial charge on any atom is -0.273 e. The first kappa shape index (κ1) is 19.1. The van der Waals surface area contributed by atoms with Gasteiger partial charge in [0.05, 0.1) is 31.3 Å². The zero-order valence-electron chi connectivity index (χ0n) is 11.5. The van der Waals surface area contributed by atoms with Crippen molar-refractivity contribution in [2.45, 2.75) is 0 Å². The van der Waals surface area contributed by atoms with Crippen LogP contribution in [-0.4, -0.2) is 11.9 Å². The Kier molecular flexibility index (Phi) is 6.22. The maximum atomic E-state index is 13.6. The molecule has 3 amide bonds. The minimum atomic E-state index is -0.983. The molecule has 0 atom stereocenters. The van der Waals surface area contributed by atoms with Crippen LogP contribution in [0, 0.1) is 5.82 Å². The van der Waals surface area contributed by atoms with E-state index in [-0.39, 0.29) is 31.3 Å². The van der Waals surface area contributed by atoms with Gasteiger partial charge in [-0.1, -0.05) is 71.4 Å². The average Bonchev–Trinajstić information content (AvgIpc) is 2.55. The van der Waals surface area contributed by atoms with Crippen LogP contribution in [-0.2, 0) is 0 Å². The van der Waals surface area contributed by atoms with Crippen LogP contribution < -0.4 is 9.62 Å². The molecule has 24 heavy (non-hydrogen) atoms. The monoisotopic (exact) mass is 426 g/mol. The van der Waals surface area contributed by atoms with E-state index in [2.05, 4.69) is 12.8 Å². The van der Waals surface area contributed by atoms with Crippen LogP contribution in [0.15, 0.2) is 30.3 Å². The fourth-order valence-electron chi connectivity index (χ4n) is 1.69. The number of rotatable bonds is 2. The summed E-state index contributed by atoms with van der Waals surface area (Å²) in [5.74, 6) is -1.72. The van der Waals surface area contributed by atoms with E-state index in [1.165, 1.54) is 24.3 Å². The van der Waals surface area contributed by atoms with Crippen molar-refractivity contribution >= 4 is 76.8 Å². The predicted octanol–water partition coefficient (Wildman–Crippen LogP) is 5.64. The molecular formula is C14H7Cl4FN2O2S. The number of halogens is 5. The molecule has 0 aliphatic heterocycles. The Hall–Kier alpha value is -1.18. The number of carbonyl (C=O) groups is 2. The summed E-state index contributed by atoms with van der Waals surface area (Å²) in [6.07, 6.45) is 0. The molecular weight excluding hydrogens is 421 g/mol. The van der Waals surface area contributed by atoms with E-state index in [0.29, 0.717) is 4.31 Å². The number of carbonyl (C=O) groups excluding carboxylic acids is 2. The van der Waals surface area contributed by atoms with E-state index in [9.17, 15) is 14.0 Å². The first-order valence-corrected chi connectivity index (χ1v) is 8.07. The zero-order valence-corrected chi connectivity index (χ0v) is 15.4. The molecule has 126 valence electrons. The van der Waals surface area contributed by atoms with E-state index < -0.39 is 17.8 Å². The van der Waals surface area contributed by atoms with Gasteiger partial charge < -0.3 is 0 Å². The van der Waals surface area contributed by atoms with Crippen LogP contribution in [0.1, 0.15) is 10.4 Å². The number of anilines is 1. The summed E-state index contributed by atoms with van der Waals surface area (Å²) in [7, 11) is 0. The lowest BCUT2D eigenvalue weighted by molar-refractivity contribution is 0.0962. The van der Waals surface area contributed by atoms with Gasteiger partial charge in [0.2, 0.25) is 0 Å². The lowest BCUT2D eigenvalue weighted by Crippen LogP contribution is -2.38. The fourth-order valence-corrected chi connectivity index (χ4v) is 2.83. The highest BCUT2D eigenvalue weighted by atomic mass is 35.5. The minimum absolute atomic E-state index is 0.00164. The summed E-state index contributed by atoms with van der Waals surface area (Å²) in [6, 6.07) is 5.45. The number of nitrogens with zero attached hydrogens (tertiary/aromatic N) is 1. The van der Waals surface area contributed by atoms with Crippen LogP contribution in [0.3, 0.4) is 0 Å². The quantitative estimate of drug-likeness (QED) is 0.370. The second-order valence-corrected chi connectivity index (χ2v) is 6.31. The number of hydrogen-bond acceptors (Lipinski definition) is 3. The second-order valence-electron chi connectivity index (χ2n) is 4.37. The van der Waals surface area contributed by atoms with Crippen molar-refractivity contribution in [2.24, 2.45) is 0 Å². The molecule has 0 bridgehead atoms. The molecule has 0 radical (unpaired) electrons. The Morgan fingerprint density at radius 3 is 2.29 bits per heavy atom. The molecule has 0 aliphatic rings. The van der Waals surface area contributed by atoms with Gasteiger partial charge in [0, 0.05) is 0 Å². The van der Waals surface area contributed by atoms with Crippen LogP contribution in [0.2, 0.25) is 20.1 Å². The lowest BCUT2D eigenvalue weighted by Gasteiger charge is -2.19. The Bertz CT molecular complexity index is 835. The Balaban J connectivity index is 2.25. The Morgan fingerprint density at radius 2 is 1.67 bits per heavy atom. The van der Waals surface area contributed by atoms with Gasteiger partial charge in [0.15, 0.2) is 0 Å². The van der Waals surface area contributed by atoms with Crippen molar-refractivity contribution in [2.75, 3.05) is 4.31 Å². The molecule has 0 spiro atoms. The summed E-state index contributed by atoms with van der Waals surface area (Å²) in [4.78, 5) is 24.1. The van der Waals surface area contributed by atoms with E-state index in [0.717, 1.165) is 6.07 Å². The first-order valence-electron chi connectivity index (χ1n) is 6.16. The van der Waals surface area contributed by atoms with Crippen LogP contribution in [0.25, 0.3) is 0 Å². The van der Waals surface area contributed by atoms with Crippen LogP contribution >= 0.6 is 59.2 Å². The maximum absolute atomic E-state index is 13.6. The Morgan fingerprint density at radius 1 is 1.04 bits per heavy atom. The Labute approximate surface area is 162 Å². The summed E-state index contributed by atoms with van der Waals surface area (Å²) >= 11 is 27.6. The average molecular weight is 428 g/mol. The molecule has 1 N–H and O–H groups in total. The molecule has 0 saturated heterocycles. The molecule has 2 aromatic carbocycles. The van der Waals surface area contributed by atoms with E-state index >= 15 is 0 Å². The smallest absolute Gasteiger partial charge is 0.273 e. The van der Waals surface area contributed by atoms with Gasteiger partial charge in [-0.05, 0) is 18.2 Å². The van der Waals surface area contributed by atoms with Crippen molar-refractivity contribution in [1.82, 2.24) is 5.32 Å². The van der Waals surface area contributed by atoms with Gasteiger partial charge in [-0.15, -0.1) is 0 Å². The predicted molar refractivity (Wildman–Crippen MR) is 97.2 cm³/mol. The van der Waals surface area contributed by atoms with Gasteiger partial charge in [-0.3, -0.25) is 10.1 Å². The summed E-state index contributed by atoms with van der Waals surface area (Å²) in [6.45, 7) is 0. The number of nitrogens with one attached hydrogen (secondary N) is 1. The third-order valence-electron chi connectivity index (χ3n) is 2.84. The second kappa shape index (κ2) is 7.80. The molecule has 0 heterocycles. The number of imide groups is 1. The van der Waals surface area contributed by atoms with E-state index in [1.54, 1.807) is 0 Å². The standard InChI is InChI=1S/C14H7Cl4FN2O2S/c15-7-5-9(11(17)12(18)10(7)16)21(24)14(23)20-13(22)6-3-1-2-4-8(6)19/h1-5,24H,(H,20,22,23). The molecule has 2 aromatic rings. The lowest BCUT2D eigenvalue weighted by atomic mass is 10.2. The number of hydrogen-bond donors (Lipinski definition) is 2. The van der Waals surface area contributed by atoms with Crippen molar-refractivity contribution < 1.29 is 14.0 Å². The number of amides is 3. The van der Waals surface area contributed by atoms with E-state index in [4.69, 9.17) is 46.4 Å². The van der Waals surface area contributed by atoms with Gasteiger partial charge in [0.25, 0.3) is 5.91 Å². The van der Waals surface area contributed by atoms with Crippen molar-refractivity contribution in [1.29, 1.82) is 0 Å². The summed E-state index contributed by atoms with van der Waals surface area (Å²) in [5.41, 5.74) is -0.302. The van der Waals surface area contributed by atoms with Gasteiger partial charge >= 0.3 is 6.03 Å². The number of thiol groups is 1. The van der Waals surface area contributed by atoms with Crippen LogP contribution in [0.4, 0.5) is 14.9 Å². The van der Waals surface area contributed by atoms with Gasteiger partial charge in [0.1, 0.15) is 5.82 Å². The SMILES string of the molecule is O=C(NC(=O)N(S)c1cc(Cl)c(Cl)c(Cl)c1Cl)c1ccccc1F. The molecule has 2 rings (SSSR count). The zero-order chi connectivity index (χ0) is 18.0. The topological polar surface area (TPSA) is 49.4 Å². The molecule has 0 aliphatic carbocycles.